The van der Waals surface area contributed by atoms with Crippen LogP contribution in [-0.2, 0) is 4.79 Å². The highest BCUT2D eigenvalue weighted by Gasteiger charge is 2.31. The molecule has 5 nitrogen and oxygen atoms in total. The van der Waals surface area contributed by atoms with Crippen LogP contribution in [0.5, 0.6) is 5.75 Å². The number of hydrogen-bond donors (Lipinski definition) is 0. The summed E-state index contributed by atoms with van der Waals surface area (Å²) in [5.41, 5.74) is 4.67. The summed E-state index contributed by atoms with van der Waals surface area (Å²) in [6.07, 6.45) is 6.80. The fraction of sp³-hybridized carbons (Fsp3) is 0.296. The number of carbonyl (C=O) groups is 1. The van der Waals surface area contributed by atoms with Crippen molar-refractivity contribution in [2.75, 3.05) is 13.2 Å². The third-order valence-corrected chi connectivity index (χ3v) is 6.95. The minimum absolute atomic E-state index is 0.0265. The third-order valence-electron chi connectivity index (χ3n) is 5.57. The molecule has 0 aliphatic carbocycles. The van der Waals surface area contributed by atoms with Crippen molar-refractivity contribution in [1.29, 1.82) is 0 Å². The van der Waals surface area contributed by atoms with Crippen molar-refractivity contribution in [2.45, 2.75) is 40.0 Å². The molecule has 0 bridgehead atoms. The molecule has 176 valence electrons. The minimum Gasteiger partial charge on any atom is -0.493 e. The first-order chi connectivity index (χ1) is 16.5. The van der Waals surface area contributed by atoms with Crippen LogP contribution < -0.4 is 4.74 Å². The van der Waals surface area contributed by atoms with E-state index in [9.17, 15) is 4.79 Å². The highest BCUT2D eigenvalue weighted by Crippen LogP contribution is 2.35. The standard InChI is InChI=1S/C27H29N3O2S2/c1-4-6-14-29-26(31)24(34-27(29)33)17-21-18-30(22-10-8-7-9-11-22)28-25(21)20-12-13-23(19(3)16-20)32-15-5-2/h7-13,16-18H,4-6,14-15H2,1-3H3/b24-17-. The summed E-state index contributed by atoms with van der Waals surface area (Å²) in [6.45, 7) is 7.59. The Labute approximate surface area is 210 Å². The van der Waals surface area contributed by atoms with Crippen molar-refractivity contribution in [3.63, 3.8) is 0 Å². The number of ether oxygens (including phenoxy) is 1. The van der Waals surface area contributed by atoms with Gasteiger partial charge in [-0.25, -0.2) is 4.68 Å². The number of para-hydroxylation sites is 1. The second-order valence-corrected chi connectivity index (χ2v) is 9.90. The Morgan fingerprint density at radius 2 is 1.91 bits per heavy atom. The average Bonchev–Trinajstić information content (AvgIpc) is 3.38. The Bertz CT molecular complexity index is 1220. The molecule has 0 saturated carbocycles. The Balaban J connectivity index is 1.74. The van der Waals surface area contributed by atoms with E-state index in [0.717, 1.165) is 53.1 Å². The average molecular weight is 492 g/mol. The van der Waals surface area contributed by atoms with E-state index in [-0.39, 0.29) is 5.91 Å². The van der Waals surface area contributed by atoms with Crippen molar-refractivity contribution >= 4 is 40.3 Å². The number of aromatic nitrogens is 2. The number of benzene rings is 2. The molecule has 0 unspecified atom stereocenters. The fourth-order valence-corrected chi connectivity index (χ4v) is 5.05. The number of hydrogen-bond acceptors (Lipinski definition) is 5. The molecule has 0 atom stereocenters. The van der Waals surface area contributed by atoms with Gasteiger partial charge in [-0.15, -0.1) is 0 Å². The number of unbranched alkanes of at least 4 members (excludes halogenated alkanes) is 1. The Morgan fingerprint density at radius 3 is 2.62 bits per heavy atom. The van der Waals surface area contributed by atoms with Crippen molar-refractivity contribution in [1.82, 2.24) is 14.7 Å². The molecule has 0 spiro atoms. The van der Waals surface area contributed by atoms with E-state index >= 15 is 0 Å². The first kappa shape index (κ1) is 24.2. The molecular weight excluding hydrogens is 462 g/mol. The molecule has 4 rings (SSSR count). The van der Waals surface area contributed by atoms with Gasteiger partial charge in [-0.3, -0.25) is 9.69 Å². The van der Waals surface area contributed by atoms with Crippen LogP contribution in [0.2, 0.25) is 0 Å². The Morgan fingerprint density at radius 1 is 1.12 bits per heavy atom. The predicted octanol–water partition coefficient (Wildman–Crippen LogP) is 6.64. The Kier molecular flexibility index (Phi) is 7.85. The Hall–Kier alpha value is -2.90. The quantitative estimate of drug-likeness (QED) is 0.248. The smallest absolute Gasteiger partial charge is 0.266 e. The number of amides is 1. The van der Waals surface area contributed by atoms with Crippen molar-refractivity contribution in [3.8, 4) is 22.7 Å². The van der Waals surface area contributed by atoms with Gasteiger partial charge in [0.2, 0.25) is 0 Å². The molecule has 2 aromatic carbocycles. The molecule has 1 aliphatic heterocycles. The molecule has 0 N–H and O–H groups in total. The van der Waals surface area contributed by atoms with Crippen molar-refractivity contribution < 1.29 is 9.53 Å². The molecule has 0 radical (unpaired) electrons. The van der Waals surface area contributed by atoms with Gasteiger partial charge in [-0.2, -0.15) is 5.10 Å². The lowest BCUT2D eigenvalue weighted by molar-refractivity contribution is -0.122. The molecule has 1 aliphatic rings. The van der Waals surface area contributed by atoms with Crippen LogP contribution in [0.25, 0.3) is 23.0 Å². The largest absolute Gasteiger partial charge is 0.493 e. The monoisotopic (exact) mass is 491 g/mol. The lowest BCUT2D eigenvalue weighted by Crippen LogP contribution is -2.28. The van der Waals surface area contributed by atoms with Crippen LogP contribution in [0.4, 0.5) is 0 Å². The molecular formula is C27H29N3O2S2. The number of nitrogens with zero attached hydrogens (tertiary/aromatic N) is 3. The topological polar surface area (TPSA) is 47.4 Å². The fourth-order valence-electron chi connectivity index (χ4n) is 3.75. The van der Waals surface area contributed by atoms with E-state index in [1.54, 1.807) is 4.90 Å². The summed E-state index contributed by atoms with van der Waals surface area (Å²) >= 11 is 6.85. The van der Waals surface area contributed by atoms with Crippen LogP contribution in [0.1, 0.15) is 44.2 Å². The summed E-state index contributed by atoms with van der Waals surface area (Å²) in [5.74, 6) is 0.854. The zero-order valence-corrected chi connectivity index (χ0v) is 21.4. The molecule has 2 heterocycles. The van der Waals surface area contributed by atoms with Crippen LogP contribution >= 0.6 is 24.0 Å². The van der Waals surface area contributed by atoms with Crippen LogP contribution in [0, 0.1) is 6.92 Å². The van der Waals surface area contributed by atoms with Crippen LogP contribution in [0.15, 0.2) is 59.6 Å². The maximum absolute atomic E-state index is 13.1. The van der Waals surface area contributed by atoms with Gasteiger partial charge >= 0.3 is 0 Å². The summed E-state index contributed by atoms with van der Waals surface area (Å²) in [7, 11) is 0. The maximum Gasteiger partial charge on any atom is 0.266 e. The summed E-state index contributed by atoms with van der Waals surface area (Å²) in [4.78, 5) is 15.4. The second kappa shape index (κ2) is 11.0. The van der Waals surface area contributed by atoms with E-state index in [2.05, 4.69) is 19.9 Å². The van der Waals surface area contributed by atoms with E-state index in [0.29, 0.717) is 22.4 Å². The molecule has 34 heavy (non-hydrogen) atoms. The number of thiocarbonyl (C=S) groups is 1. The van der Waals surface area contributed by atoms with Crippen LogP contribution in [-0.4, -0.2) is 38.1 Å². The lowest BCUT2D eigenvalue weighted by atomic mass is 10.0. The van der Waals surface area contributed by atoms with E-state index in [4.69, 9.17) is 22.1 Å². The molecule has 7 heteroatoms. The van der Waals surface area contributed by atoms with Gasteiger partial charge in [0.1, 0.15) is 15.8 Å². The van der Waals surface area contributed by atoms with Gasteiger partial charge in [-0.05, 0) is 61.7 Å². The molecule has 1 saturated heterocycles. The second-order valence-electron chi connectivity index (χ2n) is 8.23. The lowest BCUT2D eigenvalue weighted by Gasteiger charge is -2.13. The normalized spacial score (nSPS) is 14.9. The maximum atomic E-state index is 13.1. The number of aryl methyl sites for hydroxylation is 1. The molecule has 1 aromatic heterocycles. The SMILES string of the molecule is CCCCN1C(=O)/C(=C/c2cn(-c3ccccc3)nc2-c2ccc(OCCC)c(C)c2)SC1=S. The number of carbonyl (C=O) groups excluding carboxylic acids is 1. The predicted molar refractivity (Wildman–Crippen MR) is 144 cm³/mol. The van der Waals surface area contributed by atoms with E-state index < -0.39 is 0 Å². The van der Waals surface area contributed by atoms with E-state index in [1.165, 1.54) is 11.8 Å². The molecule has 1 fully saturated rings. The zero-order chi connectivity index (χ0) is 24.1. The number of thioether (sulfide) groups is 1. The highest BCUT2D eigenvalue weighted by atomic mass is 32.2. The van der Waals surface area contributed by atoms with Crippen LogP contribution in [0.3, 0.4) is 0 Å². The van der Waals surface area contributed by atoms with Gasteiger partial charge in [-0.1, -0.05) is 62.4 Å². The summed E-state index contributed by atoms with van der Waals surface area (Å²) in [5, 5.41) is 4.90. The summed E-state index contributed by atoms with van der Waals surface area (Å²) in [6, 6.07) is 16.1. The number of rotatable bonds is 9. The zero-order valence-electron chi connectivity index (χ0n) is 19.8. The van der Waals surface area contributed by atoms with Gasteiger partial charge in [0.05, 0.1) is 17.2 Å². The minimum atomic E-state index is -0.0265. The van der Waals surface area contributed by atoms with Gasteiger partial charge in [0.25, 0.3) is 5.91 Å². The summed E-state index contributed by atoms with van der Waals surface area (Å²) < 4.78 is 8.33. The van der Waals surface area contributed by atoms with Gasteiger partial charge in [0, 0.05) is 23.9 Å². The third kappa shape index (κ3) is 5.26. The first-order valence-electron chi connectivity index (χ1n) is 11.7. The first-order valence-corrected chi connectivity index (χ1v) is 12.9. The van der Waals surface area contributed by atoms with Crippen molar-refractivity contribution in [3.05, 3.63) is 70.8 Å². The van der Waals surface area contributed by atoms with E-state index in [1.807, 2.05) is 66.3 Å². The van der Waals surface area contributed by atoms with Gasteiger partial charge in [0.15, 0.2) is 0 Å². The molecule has 3 aromatic rings. The van der Waals surface area contributed by atoms with Crippen molar-refractivity contribution in [2.24, 2.45) is 0 Å². The molecule has 1 amide bonds. The van der Waals surface area contributed by atoms with Gasteiger partial charge < -0.3 is 4.74 Å². The highest BCUT2D eigenvalue weighted by molar-refractivity contribution is 8.26.